The van der Waals surface area contributed by atoms with Crippen LogP contribution in [0.4, 0.5) is 5.69 Å². The number of carbonyl (C=O) groups is 2. The van der Waals surface area contributed by atoms with E-state index in [0.29, 0.717) is 50.5 Å². The Morgan fingerprint density at radius 1 is 1.18 bits per heavy atom. The van der Waals surface area contributed by atoms with E-state index in [2.05, 4.69) is 41.3 Å². The quantitative estimate of drug-likeness (QED) is 0.474. The van der Waals surface area contributed by atoms with Gasteiger partial charge in [0.2, 0.25) is 11.8 Å². The van der Waals surface area contributed by atoms with Crippen LogP contribution in [0.15, 0.2) is 48.8 Å². The maximum absolute atomic E-state index is 13.9. The van der Waals surface area contributed by atoms with Gasteiger partial charge in [0, 0.05) is 56.4 Å². The van der Waals surface area contributed by atoms with E-state index in [1.54, 1.807) is 23.4 Å². The van der Waals surface area contributed by atoms with E-state index in [1.807, 2.05) is 44.2 Å². The van der Waals surface area contributed by atoms with Gasteiger partial charge in [-0.25, -0.2) is 0 Å². The van der Waals surface area contributed by atoms with Crippen molar-refractivity contribution in [2.45, 2.75) is 64.6 Å². The van der Waals surface area contributed by atoms with Crippen molar-refractivity contribution in [2.75, 3.05) is 50.8 Å². The first-order valence-corrected chi connectivity index (χ1v) is 14.1. The summed E-state index contributed by atoms with van der Waals surface area (Å²) in [6.45, 7) is 15.0. The lowest BCUT2D eigenvalue weighted by molar-refractivity contribution is -0.127. The normalized spacial score (nSPS) is 20.5. The van der Waals surface area contributed by atoms with Crippen molar-refractivity contribution < 1.29 is 19.4 Å². The van der Waals surface area contributed by atoms with Crippen LogP contribution < -0.4 is 15.5 Å². The Morgan fingerprint density at radius 2 is 1.87 bits per heavy atom. The summed E-state index contributed by atoms with van der Waals surface area (Å²) in [6, 6.07) is 9.89. The molecular weight excluding hydrogens is 494 g/mol. The second-order valence-corrected chi connectivity index (χ2v) is 10.8. The fourth-order valence-electron chi connectivity index (χ4n) is 4.81. The summed E-state index contributed by atoms with van der Waals surface area (Å²) < 4.78 is 5.41. The fourth-order valence-corrected chi connectivity index (χ4v) is 4.81. The van der Waals surface area contributed by atoms with Gasteiger partial charge in [-0.2, -0.15) is 0 Å². The van der Waals surface area contributed by atoms with Crippen molar-refractivity contribution >= 4 is 17.5 Å². The number of nitrogens with zero attached hydrogens (tertiary/aromatic N) is 3. The van der Waals surface area contributed by atoms with Gasteiger partial charge >= 0.3 is 0 Å². The Kier molecular flexibility index (Phi) is 11.4. The lowest BCUT2D eigenvalue weighted by Gasteiger charge is -2.34. The molecule has 3 N–H and O–H groups in total. The third-order valence-corrected chi connectivity index (χ3v) is 6.99. The number of aliphatic hydroxyl groups excluding tert-OH is 1. The van der Waals surface area contributed by atoms with Crippen LogP contribution in [0, 0.1) is 0 Å². The number of benzene rings is 1. The van der Waals surface area contributed by atoms with Gasteiger partial charge in [0.05, 0.1) is 25.4 Å². The number of β-amino-alcohol motifs (C(OH)–C–C–N with tert-alkyl or cyclic N) is 1. The Morgan fingerprint density at radius 3 is 2.44 bits per heavy atom. The first-order valence-electron chi connectivity index (χ1n) is 14.1. The number of hydrogen-bond donors (Lipinski definition) is 3. The second kappa shape index (κ2) is 14.5. The van der Waals surface area contributed by atoms with E-state index in [-0.39, 0.29) is 17.2 Å². The molecule has 2 saturated heterocycles. The Hall–Kier alpha value is -2.85. The molecule has 214 valence electrons. The summed E-state index contributed by atoms with van der Waals surface area (Å²) in [7, 11) is 0. The molecule has 39 heavy (non-hydrogen) atoms. The van der Waals surface area contributed by atoms with Crippen LogP contribution in [0.5, 0.6) is 0 Å². The molecule has 1 aromatic carbocycles. The minimum Gasteiger partial charge on any atom is -0.392 e. The number of amides is 2. The molecule has 2 amide bonds. The van der Waals surface area contributed by atoms with E-state index < -0.39 is 18.2 Å². The van der Waals surface area contributed by atoms with E-state index in [4.69, 9.17) is 4.74 Å². The maximum Gasteiger partial charge on any atom is 0.247 e. The number of carbonyl (C=O) groups excluding carboxylic acids is 2. The highest BCUT2D eigenvalue weighted by Gasteiger charge is 2.39. The molecule has 0 bridgehead atoms. The number of aliphatic hydroxyl groups is 1. The lowest BCUT2D eigenvalue weighted by atomic mass is 9.87. The second-order valence-electron chi connectivity index (χ2n) is 10.8. The van der Waals surface area contributed by atoms with Gasteiger partial charge in [-0.1, -0.05) is 52.8 Å². The van der Waals surface area contributed by atoms with Crippen molar-refractivity contribution in [3.05, 3.63) is 59.9 Å². The van der Waals surface area contributed by atoms with Crippen LogP contribution in [-0.4, -0.2) is 84.9 Å². The first-order chi connectivity index (χ1) is 18.7. The number of nitrogens with one attached hydrogen (secondary N) is 2. The molecule has 4 rings (SSSR count). The van der Waals surface area contributed by atoms with Crippen LogP contribution in [0.25, 0.3) is 0 Å². The Balaban J connectivity index is 0.00000205. The van der Waals surface area contributed by atoms with Gasteiger partial charge in [-0.3, -0.25) is 24.4 Å². The summed E-state index contributed by atoms with van der Waals surface area (Å²) in [4.78, 5) is 35.8. The molecular formula is C30H45N5O4. The van der Waals surface area contributed by atoms with Gasteiger partial charge in [-0.15, -0.1) is 0 Å². The van der Waals surface area contributed by atoms with Crippen LogP contribution in [0.2, 0.25) is 0 Å². The van der Waals surface area contributed by atoms with Gasteiger partial charge < -0.3 is 20.5 Å². The van der Waals surface area contributed by atoms with Gasteiger partial charge in [-0.05, 0) is 35.6 Å². The van der Waals surface area contributed by atoms with Crippen molar-refractivity contribution in [2.24, 2.45) is 0 Å². The highest BCUT2D eigenvalue weighted by atomic mass is 16.5. The first kappa shape index (κ1) is 30.7. The number of pyridine rings is 1. The molecule has 1 aromatic heterocycles. The van der Waals surface area contributed by atoms with Crippen LogP contribution in [0.3, 0.4) is 0 Å². The zero-order chi connectivity index (χ0) is 28.4. The molecule has 2 aliphatic heterocycles. The summed E-state index contributed by atoms with van der Waals surface area (Å²) in [5, 5.41) is 16.3. The van der Waals surface area contributed by atoms with Crippen LogP contribution >= 0.6 is 0 Å². The fraction of sp³-hybridized carbons (Fsp3) is 0.567. The maximum atomic E-state index is 13.9. The zero-order valence-corrected chi connectivity index (χ0v) is 24.0. The molecule has 2 aromatic rings. The minimum atomic E-state index is -0.911. The summed E-state index contributed by atoms with van der Waals surface area (Å²) in [5.74, 6) is -0.523. The molecule has 9 nitrogen and oxygen atoms in total. The molecule has 3 atom stereocenters. The number of rotatable bonds is 8. The Bertz CT molecular complexity index is 1040. The Labute approximate surface area is 232 Å². The molecule has 0 spiro atoms. The topological polar surface area (TPSA) is 107 Å². The predicted molar refractivity (Wildman–Crippen MR) is 154 cm³/mol. The van der Waals surface area contributed by atoms with Crippen LogP contribution in [-0.2, 0) is 19.7 Å². The van der Waals surface area contributed by atoms with Crippen molar-refractivity contribution in [3.63, 3.8) is 0 Å². The number of hydrogen-bond acceptors (Lipinski definition) is 7. The molecule has 3 unspecified atom stereocenters. The third kappa shape index (κ3) is 8.32. The third-order valence-electron chi connectivity index (χ3n) is 6.99. The summed E-state index contributed by atoms with van der Waals surface area (Å²) in [6.07, 6.45) is 2.98. The number of ether oxygens (including phenoxy) is 1. The van der Waals surface area contributed by atoms with Gasteiger partial charge in [0.25, 0.3) is 0 Å². The number of morpholine rings is 1. The van der Waals surface area contributed by atoms with Gasteiger partial charge in [0.15, 0.2) is 0 Å². The largest absolute Gasteiger partial charge is 0.392 e. The van der Waals surface area contributed by atoms with Crippen molar-refractivity contribution in [1.82, 2.24) is 20.5 Å². The van der Waals surface area contributed by atoms with Crippen molar-refractivity contribution in [1.29, 1.82) is 0 Å². The molecule has 3 heterocycles. The monoisotopic (exact) mass is 539 g/mol. The predicted octanol–water partition coefficient (Wildman–Crippen LogP) is 2.65. The molecule has 0 saturated carbocycles. The van der Waals surface area contributed by atoms with Crippen LogP contribution in [0.1, 0.15) is 58.2 Å². The van der Waals surface area contributed by atoms with Crippen molar-refractivity contribution in [3.8, 4) is 0 Å². The zero-order valence-electron chi connectivity index (χ0n) is 24.0. The van der Waals surface area contributed by atoms with E-state index in [1.165, 1.54) is 0 Å². The average Bonchev–Trinajstić information content (AvgIpc) is 3.39. The lowest BCUT2D eigenvalue weighted by Crippen LogP contribution is -2.51. The molecule has 0 aliphatic carbocycles. The minimum absolute atomic E-state index is 0.0515. The highest BCUT2D eigenvalue weighted by Crippen LogP contribution is 2.32. The summed E-state index contributed by atoms with van der Waals surface area (Å²) >= 11 is 0. The van der Waals surface area contributed by atoms with E-state index in [9.17, 15) is 14.7 Å². The highest BCUT2D eigenvalue weighted by molar-refractivity contribution is 6.03. The summed E-state index contributed by atoms with van der Waals surface area (Å²) in [5.41, 5.74) is 2.33. The van der Waals surface area contributed by atoms with E-state index >= 15 is 0 Å². The molecule has 9 heteroatoms. The standard InChI is InChI=1S/C28H39N5O4.C2H6/c1-28(2,3)21-6-8-22(9-7-21)33(27(36)24-17-23(34)19-31-24)25(20-5-4-10-29-18-20)26(35)30-11-12-32-13-15-37-16-14-32;1-2/h4-10,18,23-25,31,34H,11-17,19H2,1-3H3,(H,30,35);1-2H3. The van der Waals surface area contributed by atoms with Gasteiger partial charge in [0.1, 0.15) is 6.04 Å². The molecule has 2 fully saturated rings. The molecule has 0 radical (unpaired) electrons. The number of aromatic nitrogens is 1. The average molecular weight is 540 g/mol. The smallest absolute Gasteiger partial charge is 0.247 e. The SMILES string of the molecule is CC.CC(C)(C)c1ccc(N(C(=O)C2CC(O)CN2)C(C(=O)NCCN2CCOCC2)c2cccnc2)cc1. The molecule has 2 aliphatic rings. The number of anilines is 1. The van der Waals surface area contributed by atoms with E-state index in [0.717, 1.165) is 18.7 Å².